The molecule has 0 aromatic heterocycles. The van der Waals surface area contributed by atoms with Crippen LogP contribution >= 0.6 is 0 Å². The van der Waals surface area contributed by atoms with Crippen molar-refractivity contribution in [1.82, 2.24) is 20.0 Å². The van der Waals surface area contributed by atoms with Gasteiger partial charge in [0, 0.05) is 39.3 Å². The van der Waals surface area contributed by atoms with Crippen molar-refractivity contribution in [3.05, 3.63) is 0 Å². The number of nitrogens with one attached hydrogen (secondary N) is 1. The second-order valence-electron chi connectivity index (χ2n) is 8.04. The fourth-order valence-corrected chi connectivity index (χ4v) is 4.29. The van der Waals surface area contributed by atoms with E-state index in [1.807, 2.05) is 0 Å². The summed E-state index contributed by atoms with van der Waals surface area (Å²) in [6.07, 6.45) is 10.3. The van der Waals surface area contributed by atoms with E-state index in [-0.39, 0.29) is 12.5 Å². The van der Waals surface area contributed by atoms with Crippen LogP contribution in [0.3, 0.4) is 0 Å². The number of nitrogens with zero attached hydrogens (tertiary/aromatic N) is 4. The number of likely N-dealkylation sites (tertiary alicyclic amines) is 2. The third-order valence-corrected chi connectivity index (χ3v) is 5.92. The maximum absolute atomic E-state index is 12.0. The van der Waals surface area contributed by atoms with E-state index >= 15 is 0 Å². The summed E-state index contributed by atoms with van der Waals surface area (Å²) < 4.78 is 0. The minimum absolute atomic E-state index is 0.0671. The van der Waals surface area contributed by atoms with Crippen molar-refractivity contribution < 1.29 is 4.79 Å². The lowest BCUT2D eigenvalue weighted by molar-refractivity contribution is -0.127. The number of rotatable bonds is 4. The lowest BCUT2D eigenvalue weighted by Gasteiger charge is -2.32. The van der Waals surface area contributed by atoms with Gasteiger partial charge in [-0.15, -0.1) is 0 Å². The van der Waals surface area contributed by atoms with Crippen LogP contribution in [-0.2, 0) is 4.79 Å². The van der Waals surface area contributed by atoms with Crippen LogP contribution in [0.2, 0.25) is 0 Å². The summed E-state index contributed by atoms with van der Waals surface area (Å²) in [7, 11) is 3.59. The smallest absolute Gasteiger partial charge is 0.243 e. The van der Waals surface area contributed by atoms with Crippen LogP contribution in [0.1, 0.15) is 51.4 Å². The Morgan fingerprint density at radius 2 is 1.76 bits per heavy atom. The molecule has 0 aromatic carbocycles. The standard InChI is InChI=1S/C19H35N5O/c1-22(2)18(25)14-20-19(21-16-8-4-5-9-16)24-13-10-17(15-24)23-11-6-3-7-12-23/h16-17H,3-15H2,1-2H3,(H,20,21). The summed E-state index contributed by atoms with van der Waals surface area (Å²) in [5.74, 6) is 1.03. The summed E-state index contributed by atoms with van der Waals surface area (Å²) in [5, 5.41) is 3.66. The molecule has 1 unspecified atom stereocenters. The minimum atomic E-state index is 0.0671. The monoisotopic (exact) mass is 349 g/mol. The van der Waals surface area contributed by atoms with Crippen molar-refractivity contribution in [3.8, 4) is 0 Å². The maximum Gasteiger partial charge on any atom is 0.243 e. The number of likely N-dealkylation sites (N-methyl/N-ethyl adjacent to an activating group) is 1. The predicted molar refractivity (Wildman–Crippen MR) is 102 cm³/mol. The molecule has 6 heteroatoms. The lowest BCUT2D eigenvalue weighted by Crippen LogP contribution is -2.47. The molecule has 25 heavy (non-hydrogen) atoms. The van der Waals surface area contributed by atoms with Gasteiger partial charge in [0.25, 0.3) is 0 Å². The molecule has 2 saturated heterocycles. The summed E-state index contributed by atoms with van der Waals surface area (Å²) in [6, 6.07) is 1.18. The zero-order valence-corrected chi connectivity index (χ0v) is 16.0. The lowest BCUT2D eigenvalue weighted by atomic mass is 10.1. The first-order chi connectivity index (χ1) is 12.1. The molecule has 0 bridgehead atoms. The van der Waals surface area contributed by atoms with Crippen molar-refractivity contribution in [3.63, 3.8) is 0 Å². The maximum atomic E-state index is 12.0. The summed E-state index contributed by atoms with van der Waals surface area (Å²) >= 11 is 0. The number of carbonyl (C=O) groups excluding carboxylic acids is 1. The van der Waals surface area contributed by atoms with Gasteiger partial charge < -0.3 is 15.1 Å². The number of piperidine rings is 1. The molecule has 1 N–H and O–H groups in total. The van der Waals surface area contributed by atoms with Crippen molar-refractivity contribution in [2.75, 3.05) is 46.8 Å². The molecule has 3 aliphatic rings. The summed E-state index contributed by atoms with van der Waals surface area (Å²) in [6.45, 7) is 4.85. The van der Waals surface area contributed by atoms with Crippen LogP contribution in [0.25, 0.3) is 0 Å². The van der Waals surface area contributed by atoms with E-state index in [1.54, 1.807) is 19.0 Å². The first-order valence-corrected chi connectivity index (χ1v) is 10.1. The normalized spacial score (nSPS) is 26.2. The Hall–Kier alpha value is -1.30. The number of amides is 1. The van der Waals surface area contributed by atoms with Crippen molar-refractivity contribution >= 4 is 11.9 Å². The van der Waals surface area contributed by atoms with Crippen LogP contribution in [0.5, 0.6) is 0 Å². The molecule has 1 saturated carbocycles. The SMILES string of the molecule is CN(C)C(=O)CN=C(NC1CCCC1)N1CCC(N2CCCCC2)C1. The van der Waals surface area contributed by atoms with Crippen LogP contribution in [0.4, 0.5) is 0 Å². The molecular formula is C19H35N5O. The molecule has 3 rings (SSSR count). The zero-order valence-electron chi connectivity index (χ0n) is 16.0. The summed E-state index contributed by atoms with van der Waals surface area (Å²) in [5.41, 5.74) is 0. The first kappa shape index (κ1) is 18.5. The highest BCUT2D eigenvalue weighted by Gasteiger charge is 2.31. The highest BCUT2D eigenvalue weighted by molar-refractivity contribution is 5.85. The number of guanidine groups is 1. The van der Waals surface area contributed by atoms with E-state index in [1.165, 1.54) is 64.5 Å². The molecule has 1 atom stereocenters. The number of hydrogen-bond donors (Lipinski definition) is 1. The fourth-order valence-electron chi connectivity index (χ4n) is 4.29. The zero-order chi connectivity index (χ0) is 17.6. The minimum Gasteiger partial charge on any atom is -0.353 e. The van der Waals surface area contributed by atoms with Crippen molar-refractivity contribution in [2.45, 2.75) is 63.5 Å². The Balaban J connectivity index is 1.61. The van der Waals surface area contributed by atoms with Gasteiger partial charge in [-0.1, -0.05) is 19.3 Å². The molecule has 0 aromatic rings. The van der Waals surface area contributed by atoms with Gasteiger partial charge in [0.05, 0.1) is 0 Å². The third kappa shape index (κ3) is 5.09. The number of aliphatic imine (C=N–C) groups is 1. The average molecular weight is 350 g/mol. The van der Waals surface area contributed by atoms with Crippen molar-refractivity contribution in [2.24, 2.45) is 4.99 Å². The molecule has 0 spiro atoms. The molecule has 6 nitrogen and oxygen atoms in total. The van der Waals surface area contributed by atoms with E-state index in [2.05, 4.69) is 15.1 Å². The molecule has 142 valence electrons. The number of hydrogen-bond acceptors (Lipinski definition) is 3. The largest absolute Gasteiger partial charge is 0.353 e. The predicted octanol–water partition coefficient (Wildman–Crippen LogP) is 1.52. The molecule has 2 aliphatic heterocycles. The Morgan fingerprint density at radius 3 is 2.44 bits per heavy atom. The van der Waals surface area contributed by atoms with Crippen LogP contribution < -0.4 is 5.32 Å². The molecule has 3 fully saturated rings. The molecule has 1 aliphatic carbocycles. The molecule has 1 amide bonds. The topological polar surface area (TPSA) is 51.2 Å². The van der Waals surface area contributed by atoms with Gasteiger partial charge in [-0.3, -0.25) is 9.69 Å². The average Bonchev–Trinajstić information content (AvgIpc) is 3.30. The summed E-state index contributed by atoms with van der Waals surface area (Å²) in [4.78, 5) is 23.3. The molecule has 0 radical (unpaired) electrons. The van der Waals surface area contributed by atoms with Gasteiger partial charge in [0.15, 0.2) is 5.96 Å². The van der Waals surface area contributed by atoms with Gasteiger partial charge in [0.2, 0.25) is 5.91 Å². The third-order valence-electron chi connectivity index (χ3n) is 5.92. The Kier molecular flexibility index (Phi) is 6.57. The van der Waals surface area contributed by atoms with E-state index < -0.39 is 0 Å². The second kappa shape index (κ2) is 8.88. The Morgan fingerprint density at radius 1 is 1.04 bits per heavy atom. The van der Waals surface area contributed by atoms with Gasteiger partial charge in [-0.25, -0.2) is 4.99 Å². The van der Waals surface area contributed by atoms with Crippen LogP contribution in [0.15, 0.2) is 4.99 Å². The highest BCUT2D eigenvalue weighted by atomic mass is 16.2. The molecular weight excluding hydrogens is 314 g/mol. The quantitative estimate of drug-likeness (QED) is 0.618. The number of carbonyl (C=O) groups is 1. The Bertz CT molecular complexity index is 466. The Labute approximate surface area is 152 Å². The van der Waals surface area contributed by atoms with Gasteiger partial charge in [-0.05, 0) is 45.2 Å². The van der Waals surface area contributed by atoms with Crippen LogP contribution in [0, 0.1) is 0 Å². The van der Waals surface area contributed by atoms with E-state index in [0.717, 1.165) is 19.0 Å². The van der Waals surface area contributed by atoms with Crippen molar-refractivity contribution in [1.29, 1.82) is 0 Å². The van der Waals surface area contributed by atoms with E-state index in [4.69, 9.17) is 4.99 Å². The van der Waals surface area contributed by atoms with Gasteiger partial charge >= 0.3 is 0 Å². The first-order valence-electron chi connectivity index (χ1n) is 10.1. The van der Waals surface area contributed by atoms with Crippen LogP contribution in [-0.4, -0.2) is 85.5 Å². The van der Waals surface area contributed by atoms with Gasteiger partial charge in [0.1, 0.15) is 6.54 Å². The van der Waals surface area contributed by atoms with E-state index in [9.17, 15) is 4.79 Å². The fraction of sp³-hybridized carbons (Fsp3) is 0.895. The van der Waals surface area contributed by atoms with E-state index in [0.29, 0.717) is 12.1 Å². The molecule has 2 heterocycles. The van der Waals surface area contributed by atoms with Gasteiger partial charge in [-0.2, -0.15) is 0 Å². The second-order valence-corrected chi connectivity index (χ2v) is 8.04. The highest BCUT2D eigenvalue weighted by Crippen LogP contribution is 2.22.